The second kappa shape index (κ2) is 5.59. The summed E-state index contributed by atoms with van der Waals surface area (Å²) in [5.41, 5.74) is 1.25. The van der Waals surface area contributed by atoms with Gasteiger partial charge in [-0.05, 0) is 18.4 Å². The molecule has 2 aromatic rings. The molecule has 0 radical (unpaired) electrons. The minimum Gasteiger partial charge on any atom is -0.393 e. The third kappa shape index (κ3) is 3.39. The smallest absolute Gasteiger partial charge is 0.138 e. The summed E-state index contributed by atoms with van der Waals surface area (Å²) in [5, 5.41) is 13.9. The van der Waals surface area contributed by atoms with Gasteiger partial charge < -0.3 is 5.11 Å². The highest BCUT2D eigenvalue weighted by Gasteiger charge is 2.09. The van der Waals surface area contributed by atoms with Crippen molar-refractivity contribution >= 4 is 0 Å². The van der Waals surface area contributed by atoms with Gasteiger partial charge in [-0.3, -0.25) is 4.68 Å². The Morgan fingerprint density at radius 2 is 2.06 bits per heavy atom. The van der Waals surface area contributed by atoms with Gasteiger partial charge in [0.15, 0.2) is 0 Å². The van der Waals surface area contributed by atoms with Crippen LogP contribution < -0.4 is 0 Å². The third-order valence-electron chi connectivity index (χ3n) is 2.83. The topological polar surface area (TPSA) is 50.9 Å². The number of hydrogen-bond donors (Lipinski definition) is 1. The van der Waals surface area contributed by atoms with E-state index in [2.05, 4.69) is 22.2 Å². The first kappa shape index (κ1) is 11.8. The fourth-order valence-corrected chi connectivity index (χ4v) is 1.80. The largest absolute Gasteiger partial charge is 0.393 e. The summed E-state index contributed by atoms with van der Waals surface area (Å²) in [6.07, 6.45) is 3.34. The zero-order valence-electron chi connectivity index (χ0n) is 9.95. The molecule has 1 atom stereocenters. The monoisotopic (exact) mass is 231 g/mol. The fraction of sp³-hybridized carbons (Fsp3) is 0.385. The van der Waals surface area contributed by atoms with Crippen molar-refractivity contribution in [3.63, 3.8) is 0 Å². The molecule has 0 saturated heterocycles. The van der Waals surface area contributed by atoms with E-state index in [0.717, 1.165) is 18.7 Å². The standard InChI is InChI=1S/C13H17N3O/c1-16-13(14-10-15-16)9-12(17)8-7-11-5-3-2-4-6-11/h2-6,10,12,17H,7-9H2,1H3. The Balaban J connectivity index is 1.82. The molecule has 4 heteroatoms. The normalized spacial score (nSPS) is 12.6. The summed E-state index contributed by atoms with van der Waals surface area (Å²) in [7, 11) is 1.84. The highest BCUT2D eigenvalue weighted by atomic mass is 16.3. The summed E-state index contributed by atoms with van der Waals surface area (Å²) in [5.74, 6) is 0.825. The first-order chi connectivity index (χ1) is 8.25. The Labute approximate surface area is 101 Å². The van der Waals surface area contributed by atoms with E-state index in [1.165, 1.54) is 11.9 Å². The van der Waals surface area contributed by atoms with E-state index < -0.39 is 0 Å². The highest BCUT2D eigenvalue weighted by molar-refractivity contribution is 5.14. The van der Waals surface area contributed by atoms with Crippen LogP contribution in [0.2, 0.25) is 0 Å². The van der Waals surface area contributed by atoms with E-state index in [1.807, 2.05) is 25.2 Å². The number of nitrogens with zero attached hydrogens (tertiary/aromatic N) is 3. The average Bonchev–Trinajstić information content (AvgIpc) is 2.74. The molecular formula is C13H17N3O. The number of aliphatic hydroxyl groups excluding tert-OH is 1. The molecule has 1 aromatic carbocycles. The number of benzene rings is 1. The van der Waals surface area contributed by atoms with Crippen LogP contribution in [0.3, 0.4) is 0 Å². The molecule has 0 fully saturated rings. The number of rotatable bonds is 5. The quantitative estimate of drug-likeness (QED) is 0.845. The molecule has 4 nitrogen and oxygen atoms in total. The molecule has 90 valence electrons. The van der Waals surface area contributed by atoms with Gasteiger partial charge in [0.25, 0.3) is 0 Å². The SMILES string of the molecule is Cn1ncnc1CC(O)CCc1ccccc1. The highest BCUT2D eigenvalue weighted by Crippen LogP contribution is 2.08. The molecule has 1 unspecified atom stereocenters. The lowest BCUT2D eigenvalue weighted by Crippen LogP contribution is -2.15. The van der Waals surface area contributed by atoms with Crippen LogP contribution in [0, 0.1) is 0 Å². The predicted molar refractivity (Wildman–Crippen MR) is 65.5 cm³/mol. The van der Waals surface area contributed by atoms with Gasteiger partial charge in [0.1, 0.15) is 12.2 Å². The van der Waals surface area contributed by atoms with Gasteiger partial charge in [-0.15, -0.1) is 0 Å². The lowest BCUT2D eigenvalue weighted by atomic mass is 10.1. The molecule has 0 aliphatic heterocycles. The van der Waals surface area contributed by atoms with Crippen molar-refractivity contribution in [2.45, 2.75) is 25.4 Å². The second-order valence-corrected chi connectivity index (χ2v) is 4.18. The van der Waals surface area contributed by atoms with Gasteiger partial charge >= 0.3 is 0 Å². The Bertz CT molecular complexity index is 453. The maximum Gasteiger partial charge on any atom is 0.138 e. The van der Waals surface area contributed by atoms with Crippen molar-refractivity contribution in [2.75, 3.05) is 0 Å². The van der Waals surface area contributed by atoms with E-state index in [4.69, 9.17) is 0 Å². The predicted octanol–water partition coefficient (Wildman–Crippen LogP) is 1.35. The Hall–Kier alpha value is -1.68. The summed E-state index contributed by atoms with van der Waals surface area (Å²) in [6.45, 7) is 0. The minimum atomic E-state index is -0.363. The Morgan fingerprint density at radius 3 is 2.71 bits per heavy atom. The van der Waals surface area contributed by atoms with E-state index in [0.29, 0.717) is 6.42 Å². The van der Waals surface area contributed by atoms with Crippen molar-refractivity contribution in [1.29, 1.82) is 0 Å². The van der Waals surface area contributed by atoms with E-state index >= 15 is 0 Å². The molecule has 2 rings (SSSR count). The van der Waals surface area contributed by atoms with E-state index in [9.17, 15) is 5.11 Å². The molecule has 0 saturated carbocycles. The molecule has 0 aliphatic rings. The van der Waals surface area contributed by atoms with Crippen LogP contribution in [0.4, 0.5) is 0 Å². The molecule has 0 amide bonds. The van der Waals surface area contributed by atoms with Crippen molar-refractivity contribution in [3.05, 3.63) is 48.0 Å². The molecule has 0 bridgehead atoms. The first-order valence-corrected chi connectivity index (χ1v) is 5.80. The maximum atomic E-state index is 9.93. The van der Waals surface area contributed by atoms with Gasteiger partial charge in [0.2, 0.25) is 0 Å². The van der Waals surface area contributed by atoms with Crippen molar-refractivity contribution < 1.29 is 5.11 Å². The molecule has 1 N–H and O–H groups in total. The zero-order chi connectivity index (χ0) is 12.1. The van der Waals surface area contributed by atoms with E-state index in [1.54, 1.807) is 4.68 Å². The number of aromatic nitrogens is 3. The first-order valence-electron chi connectivity index (χ1n) is 5.80. The van der Waals surface area contributed by atoms with Crippen LogP contribution in [0.5, 0.6) is 0 Å². The summed E-state index contributed by atoms with van der Waals surface area (Å²) in [6, 6.07) is 10.2. The van der Waals surface area contributed by atoms with Crippen LogP contribution in [0.1, 0.15) is 17.8 Å². The minimum absolute atomic E-state index is 0.363. The van der Waals surface area contributed by atoms with Crippen LogP contribution in [0.25, 0.3) is 0 Å². The van der Waals surface area contributed by atoms with Gasteiger partial charge in [0.05, 0.1) is 6.10 Å². The van der Waals surface area contributed by atoms with E-state index in [-0.39, 0.29) is 6.10 Å². The molecule has 1 aromatic heterocycles. The van der Waals surface area contributed by atoms with Crippen molar-refractivity contribution in [3.8, 4) is 0 Å². The summed E-state index contributed by atoms with van der Waals surface area (Å²) in [4.78, 5) is 4.10. The Kier molecular flexibility index (Phi) is 3.88. The molecule has 0 aliphatic carbocycles. The molecule has 1 heterocycles. The number of aliphatic hydroxyl groups is 1. The van der Waals surface area contributed by atoms with Crippen LogP contribution >= 0.6 is 0 Å². The zero-order valence-corrected chi connectivity index (χ0v) is 9.95. The van der Waals surface area contributed by atoms with Crippen LogP contribution in [-0.2, 0) is 19.9 Å². The van der Waals surface area contributed by atoms with Gasteiger partial charge in [-0.2, -0.15) is 5.10 Å². The molecule has 17 heavy (non-hydrogen) atoms. The molecule has 0 spiro atoms. The lowest BCUT2D eigenvalue weighted by molar-refractivity contribution is 0.161. The molecular weight excluding hydrogens is 214 g/mol. The maximum absolute atomic E-state index is 9.93. The van der Waals surface area contributed by atoms with Crippen LogP contribution in [0.15, 0.2) is 36.7 Å². The second-order valence-electron chi connectivity index (χ2n) is 4.18. The van der Waals surface area contributed by atoms with Crippen LogP contribution in [-0.4, -0.2) is 26.0 Å². The van der Waals surface area contributed by atoms with Gasteiger partial charge in [-0.25, -0.2) is 4.98 Å². The van der Waals surface area contributed by atoms with Gasteiger partial charge in [0, 0.05) is 13.5 Å². The Morgan fingerprint density at radius 1 is 1.29 bits per heavy atom. The van der Waals surface area contributed by atoms with Crippen molar-refractivity contribution in [2.24, 2.45) is 7.05 Å². The lowest BCUT2D eigenvalue weighted by Gasteiger charge is -2.09. The number of aryl methyl sites for hydroxylation is 2. The fourth-order valence-electron chi connectivity index (χ4n) is 1.80. The summed E-state index contributed by atoms with van der Waals surface area (Å²) < 4.78 is 1.70. The number of hydrogen-bond acceptors (Lipinski definition) is 3. The van der Waals surface area contributed by atoms with Gasteiger partial charge in [-0.1, -0.05) is 30.3 Å². The third-order valence-corrected chi connectivity index (χ3v) is 2.83. The average molecular weight is 231 g/mol. The van der Waals surface area contributed by atoms with Crippen molar-refractivity contribution in [1.82, 2.24) is 14.8 Å². The summed E-state index contributed by atoms with van der Waals surface area (Å²) >= 11 is 0.